The highest BCUT2D eigenvalue weighted by Gasteiger charge is 2.17. The molecule has 1 heterocycles. The molecule has 4 nitrogen and oxygen atoms in total. The topological polar surface area (TPSA) is 64.3 Å². The number of thiophene rings is 1. The first-order valence-electron chi connectivity index (χ1n) is 6.14. The number of carbonyl (C=O) groups is 1. The molecule has 5 heteroatoms. The predicted octanol–water partition coefficient (Wildman–Crippen LogP) is 2.24. The molecule has 2 aromatic rings. The van der Waals surface area contributed by atoms with E-state index in [-0.39, 0.29) is 12.5 Å². The Morgan fingerprint density at radius 1 is 1.33 bits per heavy atom. The van der Waals surface area contributed by atoms with E-state index in [4.69, 9.17) is 10.4 Å². The Balaban J connectivity index is 2.27. The van der Waals surface area contributed by atoms with E-state index < -0.39 is 0 Å². The highest BCUT2D eigenvalue weighted by atomic mass is 32.1. The minimum Gasteiger partial charge on any atom is -0.384 e. The van der Waals surface area contributed by atoms with Crippen LogP contribution in [0.2, 0.25) is 0 Å². The lowest BCUT2D eigenvalue weighted by Gasteiger charge is -2.17. The van der Waals surface area contributed by atoms with Crippen LogP contribution in [0.5, 0.6) is 0 Å². The average molecular weight is 296 g/mol. The van der Waals surface area contributed by atoms with Gasteiger partial charge in [-0.15, -0.1) is 11.3 Å². The summed E-state index contributed by atoms with van der Waals surface area (Å²) in [7, 11) is 1.64. The van der Waals surface area contributed by atoms with Crippen molar-refractivity contribution in [2.75, 3.05) is 18.6 Å². The Kier molecular flexibility index (Phi) is 4.73. The molecule has 0 aliphatic rings. The molecule has 0 bridgehead atoms. The lowest BCUT2D eigenvalue weighted by Crippen LogP contribution is -2.26. The van der Waals surface area contributed by atoms with Gasteiger partial charge < -0.3 is 10.0 Å². The van der Waals surface area contributed by atoms with Crippen LogP contribution in [0.25, 0.3) is 0 Å². The molecular weight excluding hydrogens is 284 g/mol. The minimum atomic E-state index is -0.212. The number of hydrogen-bond donors (Lipinski definition) is 1. The van der Waals surface area contributed by atoms with Gasteiger partial charge in [0.2, 0.25) is 0 Å². The SMILES string of the molecule is CN(C(=O)c1ccc(C#CCO)s1)c1ccccc1C#N. The van der Waals surface area contributed by atoms with Gasteiger partial charge in [-0.2, -0.15) is 5.26 Å². The molecule has 21 heavy (non-hydrogen) atoms. The molecule has 0 unspecified atom stereocenters. The van der Waals surface area contributed by atoms with E-state index in [1.165, 1.54) is 16.2 Å². The number of aliphatic hydroxyl groups excluding tert-OH is 1. The van der Waals surface area contributed by atoms with Crippen LogP contribution in [-0.2, 0) is 0 Å². The van der Waals surface area contributed by atoms with E-state index in [0.717, 1.165) is 4.88 Å². The molecular formula is C16H12N2O2S. The van der Waals surface area contributed by atoms with Crippen LogP contribution < -0.4 is 4.90 Å². The monoisotopic (exact) mass is 296 g/mol. The third-order valence-corrected chi connectivity index (χ3v) is 3.79. The van der Waals surface area contributed by atoms with Gasteiger partial charge >= 0.3 is 0 Å². The van der Waals surface area contributed by atoms with Gasteiger partial charge in [0, 0.05) is 7.05 Å². The number of rotatable bonds is 2. The zero-order valence-corrected chi connectivity index (χ0v) is 12.1. The van der Waals surface area contributed by atoms with E-state index in [2.05, 4.69) is 17.9 Å². The van der Waals surface area contributed by atoms with E-state index in [9.17, 15) is 4.79 Å². The van der Waals surface area contributed by atoms with Gasteiger partial charge in [-0.3, -0.25) is 4.79 Å². The van der Waals surface area contributed by atoms with Crippen LogP contribution in [0.4, 0.5) is 5.69 Å². The van der Waals surface area contributed by atoms with Crippen LogP contribution in [0.1, 0.15) is 20.1 Å². The molecule has 0 fully saturated rings. The molecule has 0 spiro atoms. The van der Waals surface area contributed by atoms with E-state index in [0.29, 0.717) is 16.1 Å². The van der Waals surface area contributed by atoms with Crippen LogP contribution in [-0.4, -0.2) is 24.7 Å². The molecule has 104 valence electrons. The minimum absolute atomic E-state index is 0.195. The highest BCUT2D eigenvalue weighted by molar-refractivity contribution is 7.14. The first kappa shape index (κ1) is 14.8. The van der Waals surface area contributed by atoms with Crippen molar-refractivity contribution in [3.8, 4) is 17.9 Å². The van der Waals surface area contributed by atoms with Crippen molar-refractivity contribution in [2.45, 2.75) is 0 Å². The lowest BCUT2D eigenvalue weighted by atomic mass is 10.2. The number of nitrogens with zero attached hydrogens (tertiary/aromatic N) is 2. The molecule has 0 aliphatic carbocycles. The molecule has 1 aromatic carbocycles. The fourth-order valence-corrected chi connectivity index (χ4v) is 2.64. The van der Waals surface area contributed by atoms with Crippen LogP contribution in [0.15, 0.2) is 36.4 Å². The first-order chi connectivity index (χ1) is 10.2. The fraction of sp³-hybridized carbons (Fsp3) is 0.125. The molecule has 1 N–H and O–H groups in total. The molecule has 0 radical (unpaired) electrons. The molecule has 0 atom stereocenters. The van der Waals surface area contributed by atoms with Crippen LogP contribution >= 0.6 is 11.3 Å². The largest absolute Gasteiger partial charge is 0.384 e. The van der Waals surface area contributed by atoms with Crippen molar-refractivity contribution in [1.29, 1.82) is 5.26 Å². The van der Waals surface area contributed by atoms with Crippen LogP contribution in [0, 0.1) is 23.2 Å². The molecule has 2 rings (SSSR count). The van der Waals surface area contributed by atoms with Crippen molar-refractivity contribution in [3.63, 3.8) is 0 Å². The van der Waals surface area contributed by atoms with Crippen LogP contribution in [0.3, 0.4) is 0 Å². The molecule has 0 aliphatic heterocycles. The number of nitriles is 1. The van der Waals surface area contributed by atoms with Crippen molar-refractivity contribution >= 4 is 22.9 Å². The Morgan fingerprint density at radius 2 is 2.10 bits per heavy atom. The summed E-state index contributed by atoms with van der Waals surface area (Å²) in [6.07, 6.45) is 0. The highest BCUT2D eigenvalue weighted by Crippen LogP contribution is 2.23. The second-order valence-corrected chi connectivity index (χ2v) is 5.20. The molecule has 1 aromatic heterocycles. The third-order valence-electron chi connectivity index (χ3n) is 2.80. The van der Waals surface area contributed by atoms with Crippen molar-refractivity contribution in [1.82, 2.24) is 0 Å². The summed E-state index contributed by atoms with van der Waals surface area (Å²) in [5.74, 6) is 5.12. The normalized spacial score (nSPS) is 9.38. The van der Waals surface area contributed by atoms with Gasteiger partial charge in [0.15, 0.2) is 0 Å². The molecule has 1 amide bonds. The number of aliphatic hydroxyl groups is 1. The quantitative estimate of drug-likeness (QED) is 0.864. The van der Waals surface area contributed by atoms with Crippen molar-refractivity contribution < 1.29 is 9.90 Å². The van der Waals surface area contributed by atoms with Gasteiger partial charge in [0.25, 0.3) is 5.91 Å². The summed E-state index contributed by atoms with van der Waals surface area (Å²) in [5.41, 5.74) is 1.02. The summed E-state index contributed by atoms with van der Waals surface area (Å²) >= 11 is 1.26. The average Bonchev–Trinajstić information content (AvgIpc) is 3.00. The summed E-state index contributed by atoms with van der Waals surface area (Å²) in [6.45, 7) is -0.212. The second-order valence-electron chi connectivity index (χ2n) is 4.12. The Bertz CT molecular complexity index is 762. The van der Waals surface area contributed by atoms with Gasteiger partial charge in [0.05, 0.1) is 21.0 Å². The fourth-order valence-electron chi connectivity index (χ4n) is 1.78. The van der Waals surface area contributed by atoms with E-state index in [1.54, 1.807) is 43.4 Å². The van der Waals surface area contributed by atoms with Crippen molar-refractivity contribution in [2.24, 2.45) is 0 Å². The van der Waals surface area contributed by atoms with Gasteiger partial charge in [-0.1, -0.05) is 24.0 Å². The maximum absolute atomic E-state index is 12.4. The van der Waals surface area contributed by atoms with Gasteiger partial charge in [-0.05, 0) is 24.3 Å². The van der Waals surface area contributed by atoms with E-state index in [1.807, 2.05) is 0 Å². The Morgan fingerprint density at radius 3 is 2.81 bits per heavy atom. The van der Waals surface area contributed by atoms with E-state index >= 15 is 0 Å². The van der Waals surface area contributed by atoms with Crippen molar-refractivity contribution in [3.05, 3.63) is 51.7 Å². The lowest BCUT2D eigenvalue weighted by molar-refractivity contribution is 0.0997. The number of benzene rings is 1. The number of amides is 1. The number of carbonyl (C=O) groups excluding carboxylic acids is 1. The standard InChI is InChI=1S/C16H12N2O2S/c1-18(14-7-3-2-5-12(14)11-17)16(20)15-9-8-13(21-15)6-4-10-19/h2-3,5,7-9,19H,10H2,1H3. The Labute approximate surface area is 126 Å². The predicted molar refractivity (Wildman–Crippen MR) is 82.2 cm³/mol. The first-order valence-corrected chi connectivity index (χ1v) is 6.95. The van der Waals surface area contributed by atoms with Gasteiger partial charge in [0.1, 0.15) is 12.7 Å². The summed E-state index contributed by atoms with van der Waals surface area (Å²) in [5, 5.41) is 17.8. The molecule has 0 saturated heterocycles. The third kappa shape index (κ3) is 3.29. The zero-order valence-electron chi connectivity index (χ0n) is 11.3. The second kappa shape index (κ2) is 6.71. The maximum Gasteiger partial charge on any atom is 0.268 e. The maximum atomic E-state index is 12.4. The van der Waals surface area contributed by atoms with Gasteiger partial charge in [-0.25, -0.2) is 0 Å². The number of anilines is 1. The molecule has 0 saturated carbocycles. The smallest absolute Gasteiger partial charge is 0.268 e. The summed E-state index contributed by atoms with van der Waals surface area (Å²) in [4.78, 5) is 15.1. The number of hydrogen-bond acceptors (Lipinski definition) is 4. The number of para-hydroxylation sites is 1. The zero-order chi connectivity index (χ0) is 15.2. The Hall–Kier alpha value is -2.60. The summed E-state index contributed by atoms with van der Waals surface area (Å²) in [6, 6.07) is 12.5. The summed E-state index contributed by atoms with van der Waals surface area (Å²) < 4.78 is 0.